The van der Waals surface area contributed by atoms with Crippen LogP contribution in [0.5, 0.6) is 0 Å². The fourth-order valence-corrected chi connectivity index (χ4v) is 2.21. The first-order valence-electron chi connectivity index (χ1n) is 6.89. The molecule has 1 aromatic heterocycles. The normalized spacial score (nSPS) is 12.1. The van der Waals surface area contributed by atoms with Gasteiger partial charge in [-0.25, -0.2) is 0 Å². The maximum Gasteiger partial charge on any atom is 0.193 e. The number of guanidine groups is 1. The zero-order valence-corrected chi connectivity index (χ0v) is 13.9. The molecule has 0 atom stereocenters. The number of nitrogens with zero attached hydrogens (tertiary/aromatic N) is 4. The Morgan fingerprint density at radius 3 is 2.65 bits per heavy atom. The topological polar surface area (TPSA) is 35.8 Å². The molecular weight excluding hydrogens is 274 g/mol. The van der Waals surface area contributed by atoms with Crippen LogP contribution in [0, 0.1) is 0 Å². The Labute approximate surface area is 127 Å². The van der Waals surface area contributed by atoms with Gasteiger partial charge in [-0.1, -0.05) is 18.5 Å². The number of hydrogen-bond donors (Lipinski definition) is 1. The molecule has 0 radical (unpaired) electrons. The van der Waals surface area contributed by atoms with Gasteiger partial charge < -0.3 is 19.7 Å². The van der Waals surface area contributed by atoms with E-state index in [2.05, 4.69) is 34.1 Å². The van der Waals surface area contributed by atoms with Crippen LogP contribution >= 0.6 is 11.6 Å². The van der Waals surface area contributed by atoms with Crippen molar-refractivity contribution in [1.82, 2.24) is 19.7 Å². The fourth-order valence-electron chi connectivity index (χ4n) is 1.94. The Kier molecular flexibility index (Phi) is 6.88. The van der Waals surface area contributed by atoms with Crippen molar-refractivity contribution in [2.24, 2.45) is 12.0 Å². The van der Waals surface area contributed by atoms with E-state index in [1.54, 1.807) is 7.05 Å². The van der Waals surface area contributed by atoms with Crippen LogP contribution in [0.25, 0.3) is 0 Å². The summed E-state index contributed by atoms with van der Waals surface area (Å²) >= 11 is 6.01. The maximum atomic E-state index is 6.01. The molecule has 6 heteroatoms. The molecule has 0 aromatic carbocycles. The lowest BCUT2D eigenvalue weighted by Crippen LogP contribution is -2.41. The lowest BCUT2D eigenvalue weighted by molar-refractivity contribution is 0.353. The van der Waals surface area contributed by atoms with Crippen molar-refractivity contribution in [3.63, 3.8) is 0 Å². The SMILES string of the molecule is CCN(C)CCNC(=NC)N(C)Cc1cc(Cl)cn1C. The largest absolute Gasteiger partial charge is 0.355 e. The molecule has 0 aliphatic carbocycles. The van der Waals surface area contributed by atoms with E-state index in [9.17, 15) is 0 Å². The summed E-state index contributed by atoms with van der Waals surface area (Å²) in [7, 11) is 7.95. The molecular formula is C14H26ClN5. The van der Waals surface area contributed by atoms with Gasteiger partial charge in [-0.3, -0.25) is 4.99 Å². The molecule has 1 N–H and O–H groups in total. The molecule has 0 amide bonds. The summed E-state index contributed by atoms with van der Waals surface area (Å²) in [5.74, 6) is 0.895. The second-order valence-corrected chi connectivity index (χ2v) is 5.42. The van der Waals surface area contributed by atoms with E-state index < -0.39 is 0 Å². The monoisotopic (exact) mass is 299 g/mol. The molecule has 1 aromatic rings. The molecule has 0 aliphatic heterocycles. The Bertz CT molecular complexity index is 441. The Hall–Kier alpha value is -1.20. The molecule has 0 aliphatic rings. The number of rotatable bonds is 6. The molecule has 1 rings (SSSR count). The third kappa shape index (κ3) is 5.06. The zero-order valence-electron chi connectivity index (χ0n) is 13.1. The van der Waals surface area contributed by atoms with Crippen LogP contribution in [0.3, 0.4) is 0 Å². The van der Waals surface area contributed by atoms with Gasteiger partial charge in [0.15, 0.2) is 5.96 Å². The van der Waals surface area contributed by atoms with E-state index in [4.69, 9.17) is 11.6 Å². The van der Waals surface area contributed by atoms with Crippen LogP contribution in [0.4, 0.5) is 0 Å². The van der Waals surface area contributed by atoms with Gasteiger partial charge in [0.1, 0.15) is 0 Å². The van der Waals surface area contributed by atoms with Crippen LogP contribution in [0.15, 0.2) is 17.3 Å². The number of aryl methyl sites for hydroxylation is 1. The second-order valence-electron chi connectivity index (χ2n) is 4.99. The standard InChI is InChI=1S/C14H26ClN5/c1-6-18(3)8-7-17-14(16-2)20(5)11-13-9-12(15)10-19(13)4/h9-10H,6-8,11H2,1-5H3,(H,16,17). The molecule has 114 valence electrons. The highest BCUT2D eigenvalue weighted by Crippen LogP contribution is 2.14. The molecule has 0 bridgehead atoms. The van der Waals surface area contributed by atoms with Crippen LogP contribution in [-0.2, 0) is 13.6 Å². The highest BCUT2D eigenvalue weighted by atomic mass is 35.5. The summed E-state index contributed by atoms with van der Waals surface area (Å²) in [6.07, 6.45) is 1.91. The minimum atomic E-state index is 0.767. The Morgan fingerprint density at radius 2 is 2.15 bits per heavy atom. The summed E-state index contributed by atoms with van der Waals surface area (Å²) in [5.41, 5.74) is 1.16. The molecule has 1 heterocycles. The van der Waals surface area contributed by atoms with E-state index in [1.807, 2.05) is 30.9 Å². The van der Waals surface area contributed by atoms with Gasteiger partial charge in [0.2, 0.25) is 0 Å². The van der Waals surface area contributed by atoms with Gasteiger partial charge in [-0.05, 0) is 19.7 Å². The highest BCUT2D eigenvalue weighted by molar-refractivity contribution is 6.30. The average Bonchev–Trinajstić information content (AvgIpc) is 2.72. The van der Waals surface area contributed by atoms with Crippen LogP contribution in [0.2, 0.25) is 5.02 Å². The lowest BCUT2D eigenvalue weighted by Gasteiger charge is -2.23. The molecule has 5 nitrogen and oxygen atoms in total. The molecule has 0 fully saturated rings. The van der Waals surface area contributed by atoms with E-state index in [1.165, 1.54) is 0 Å². The first-order chi connectivity index (χ1) is 9.47. The number of hydrogen-bond acceptors (Lipinski definition) is 2. The van der Waals surface area contributed by atoms with Crippen molar-refractivity contribution in [3.05, 3.63) is 23.0 Å². The molecule has 20 heavy (non-hydrogen) atoms. The molecule has 0 unspecified atom stereocenters. The summed E-state index contributed by atoms with van der Waals surface area (Å²) in [6, 6.07) is 1.98. The minimum absolute atomic E-state index is 0.767. The van der Waals surface area contributed by atoms with Crippen molar-refractivity contribution in [2.75, 3.05) is 40.8 Å². The van der Waals surface area contributed by atoms with E-state index in [0.717, 1.165) is 42.9 Å². The summed E-state index contributed by atoms with van der Waals surface area (Å²) in [4.78, 5) is 8.67. The summed E-state index contributed by atoms with van der Waals surface area (Å²) in [6.45, 7) is 5.86. The first-order valence-corrected chi connectivity index (χ1v) is 7.26. The predicted octanol–water partition coefficient (Wildman–Crippen LogP) is 1.64. The lowest BCUT2D eigenvalue weighted by atomic mass is 10.4. The summed E-state index contributed by atoms with van der Waals surface area (Å²) < 4.78 is 2.04. The van der Waals surface area contributed by atoms with Crippen LogP contribution in [-0.4, -0.2) is 61.1 Å². The zero-order chi connectivity index (χ0) is 15.1. The second kappa shape index (κ2) is 8.17. The Balaban J connectivity index is 2.51. The number of halogens is 1. The van der Waals surface area contributed by atoms with Gasteiger partial charge in [-0.2, -0.15) is 0 Å². The van der Waals surface area contributed by atoms with Gasteiger partial charge in [0.05, 0.1) is 11.6 Å². The van der Waals surface area contributed by atoms with Crippen molar-refractivity contribution >= 4 is 17.6 Å². The van der Waals surface area contributed by atoms with Gasteiger partial charge >= 0.3 is 0 Å². The van der Waals surface area contributed by atoms with Gasteiger partial charge in [-0.15, -0.1) is 0 Å². The summed E-state index contributed by atoms with van der Waals surface area (Å²) in [5, 5.41) is 4.14. The number of aliphatic imine (C=N–C) groups is 1. The fraction of sp³-hybridized carbons (Fsp3) is 0.643. The highest BCUT2D eigenvalue weighted by Gasteiger charge is 2.09. The predicted molar refractivity (Wildman–Crippen MR) is 86.4 cm³/mol. The van der Waals surface area contributed by atoms with Crippen LogP contribution in [0.1, 0.15) is 12.6 Å². The average molecular weight is 300 g/mol. The van der Waals surface area contributed by atoms with Crippen molar-refractivity contribution in [1.29, 1.82) is 0 Å². The molecule has 0 saturated heterocycles. The van der Waals surface area contributed by atoms with Crippen molar-refractivity contribution in [3.8, 4) is 0 Å². The van der Waals surface area contributed by atoms with Crippen LogP contribution < -0.4 is 5.32 Å². The third-order valence-electron chi connectivity index (χ3n) is 3.36. The van der Waals surface area contributed by atoms with E-state index in [0.29, 0.717) is 0 Å². The third-order valence-corrected chi connectivity index (χ3v) is 3.57. The molecule has 0 spiro atoms. The van der Waals surface area contributed by atoms with Crippen molar-refractivity contribution < 1.29 is 0 Å². The first kappa shape index (κ1) is 16.9. The van der Waals surface area contributed by atoms with Gasteiger partial charge in [0.25, 0.3) is 0 Å². The Morgan fingerprint density at radius 1 is 1.45 bits per heavy atom. The maximum absolute atomic E-state index is 6.01. The minimum Gasteiger partial charge on any atom is -0.355 e. The van der Waals surface area contributed by atoms with Gasteiger partial charge in [0, 0.05) is 46.1 Å². The van der Waals surface area contributed by atoms with Crippen molar-refractivity contribution in [2.45, 2.75) is 13.5 Å². The smallest absolute Gasteiger partial charge is 0.193 e. The number of likely N-dealkylation sites (N-methyl/N-ethyl adjacent to an activating group) is 1. The number of nitrogens with one attached hydrogen (secondary N) is 1. The number of aromatic nitrogens is 1. The van der Waals surface area contributed by atoms with E-state index in [-0.39, 0.29) is 0 Å². The molecule has 0 saturated carbocycles. The quantitative estimate of drug-likeness (QED) is 0.641. The van der Waals surface area contributed by atoms with E-state index >= 15 is 0 Å².